The highest BCUT2D eigenvalue weighted by atomic mass is 16.1. The minimum absolute atomic E-state index is 0.0788. The number of carbonyl (C=O) groups excluding carboxylic acids is 1. The molecule has 0 amide bonds. The van der Waals surface area contributed by atoms with Crippen molar-refractivity contribution in [3.05, 3.63) is 66.9 Å². The van der Waals surface area contributed by atoms with Gasteiger partial charge in [0, 0.05) is 22.7 Å². The molecular weight excluding hydrogens is 234 g/mol. The summed E-state index contributed by atoms with van der Waals surface area (Å²) in [6.45, 7) is 7.45. The van der Waals surface area contributed by atoms with Crippen molar-refractivity contribution in [1.82, 2.24) is 4.98 Å². The minimum Gasteiger partial charge on any atom is -0.293 e. The zero-order valence-electron chi connectivity index (χ0n) is 11.3. The number of carbonyl (C=O) groups is 1. The van der Waals surface area contributed by atoms with Crippen molar-refractivity contribution in [1.29, 1.82) is 0 Å². The summed E-state index contributed by atoms with van der Waals surface area (Å²) in [5, 5.41) is 0. The molecule has 2 aromatic rings. The summed E-state index contributed by atoms with van der Waals surface area (Å²) in [7, 11) is 0. The summed E-state index contributed by atoms with van der Waals surface area (Å²) in [5.74, 6) is 0.0788. The van der Waals surface area contributed by atoms with Crippen LogP contribution in [-0.2, 0) is 0 Å². The first-order valence-electron chi connectivity index (χ1n) is 6.24. The third-order valence-corrected chi connectivity index (χ3v) is 3.20. The van der Waals surface area contributed by atoms with Gasteiger partial charge in [-0.05, 0) is 26.0 Å². The molecule has 0 fully saturated rings. The fourth-order valence-corrected chi connectivity index (χ4v) is 1.79. The molecule has 0 saturated heterocycles. The Labute approximate surface area is 113 Å². The fraction of sp³-hybridized carbons (Fsp3) is 0.176. The topological polar surface area (TPSA) is 30.0 Å². The predicted molar refractivity (Wildman–Crippen MR) is 78.0 cm³/mol. The second-order valence-electron chi connectivity index (χ2n) is 5.05. The molecule has 0 radical (unpaired) electrons. The first-order valence-corrected chi connectivity index (χ1v) is 6.24. The normalized spacial score (nSPS) is 11.1. The van der Waals surface area contributed by atoms with Gasteiger partial charge < -0.3 is 0 Å². The highest BCUT2D eigenvalue weighted by Gasteiger charge is 2.24. The third-order valence-electron chi connectivity index (χ3n) is 3.20. The van der Waals surface area contributed by atoms with Gasteiger partial charge in [0.1, 0.15) is 0 Å². The van der Waals surface area contributed by atoms with Crippen LogP contribution in [-0.4, -0.2) is 10.8 Å². The Bertz CT molecular complexity index is 582. The van der Waals surface area contributed by atoms with Crippen molar-refractivity contribution in [2.45, 2.75) is 13.8 Å². The van der Waals surface area contributed by atoms with Gasteiger partial charge in [-0.2, -0.15) is 0 Å². The molecule has 1 aromatic heterocycles. The molecule has 0 saturated carbocycles. The maximum atomic E-state index is 12.3. The fourth-order valence-electron chi connectivity index (χ4n) is 1.79. The molecule has 19 heavy (non-hydrogen) atoms. The number of aromatic nitrogens is 1. The van der Waals surface area contributed by atoms with Gasteiger partial charge in [-0.25, -0.2) is 0 Å². The van der Waals surface area contributed by atoms with E-state index >= 15 is 0 Å². The Morgan fingerprint density at radius 2 is 1.84 bits per heavy atom. The molecular formula is C17H17NO. The Morgan fingerprint density at radius 3 is 2.37 bits per heavy atom. The zero-order valence-corrected chi connectivity index (χ0v) is 11.3. The number of nitrogens with zero attached hydrogens (tertiary/aromatic N) is 1. The maximum Gasteiger partial charge on any atom is 0.172 e. The minimum atomic E-state index is -0.535. The molecule has 0 unspecified atom stereocenters. The third kappa shape index (κ3) is 2.79. The van der Waals surface area contributed by atoms with Crippen molar-refractivity contribution < 1.29 is 4.79 Å². The van der Waals surface area contributed by atoms with Crippen LogP contribution in [0.3, 0.4) is 0 Å². The number of rotatable bonds is 4. The molecule has 0 aliphatic heterocycles. The van der Waals surface area contributed by atoms with Gasteiger partial charge in [-0.3, -0.25) is 9.78 Å². The summed E-state index contributed by atoms with van der Waals surface area (Å²) in [6.07, 6.45) is 3.44. The summed E-state index contributed by atoms with van der Waals surface area (Å²) in [5.41, 5.74) is 2.08. The van der Waals surface area contributed by atoms with E-state index in [0.29, 0.717) is 5.56 Å². The predicted octanol–water partition coefficient (Wildman–Crippen LogP) is 4.14. The van der Waals surface area contributed by atoms with Crippen LogP contribution in [0.1, 0.15) is 24.2 Å². The molecule has 0 bridgehead atoms. The van der Waals surface area contributed by atoms with Gasteiger partial charge in [0.05, 0.1) is 5.69 Å². The Hall–Kier alpha value is -2.22. The lowest BCUT2D eigenvalue weighted by molar-refractivity contribution is 0.0886. The summed E-state index contributed by atoms with van der Waals surface area (Å²) >= 11 is 0. The largest absolute Gasteiger partial charge is 0.293 e. The Morgan fingerprint density at radius 1 is 1.16 bits per heavy atom. The lowest BCUT2D eigenvalue weighted by Gasteiger charge is -2.18. The number of ketones is 1. The van der Waals surface area contributed by atoms with Crippen molar-refractivity contribution in [2.75, 3.05) is 0 Å². The van der Waals surface area contributed by atoms with E-state index in [-0.39, 0.29) is 5.78 Å². The average molecular weight is 251 g/mol. The molecule has 1 aromatic carbocycles. The van der Waals surface area contributed by atoms with Crippen LogP contribution in [0.2, 0.25) is 0 Å². The van der Waals surface area contributed by atoms with Crippen molar-refractivity contribution in [3.8, 4) is 11.3 Å². The van der Waals surface area contributed by atoms with E-state index in [1.54, 1.807) is 12.3 Å². The zero-order chi connectivity index (χ0) is 13.9. The van der Waals surface area contributed by atoms with E-state index in [0.717, 1.165) is 11.3 Å². The van der Waals surface area contributed by atoms with E-state index in [1.807, 2.05) is 56.3 Å². The first kappa shape index (κ1) is 13.2. The lowest BCUT2D eigenvalue weighted by Crippen LogP contribution is -2.21. The molecule has 96 valence electrons. The molecule has 2 heteroatoms. The van der Waals surface area contributed by atoms with Gasteiger partial charge in [-0.15, -0.1) is 6.58 Å². The quantitative estimate of drug-likeness (QED) is 0.603. The van der Waals surface area contributed by atoms with Crippen LogP contribution in [0.15, 0.2) is 61.3 Å². The molecule has 2 nitrogen and oxygen atoms in total. The molecule has 1 heterocycles. The van der Waals surface area contributed by atoms with E-state index in [2.05, 4.69) is 11.6 Å². The van der Waals surface area contributed by atoms with Crippen LogP contribution < -0.4 is 0 Å². The van der Waals surface area contributed by atoms with Crippen LogP contribution in [0.25, 0.3) is 11.3 Å². The molecule has 0 aliphatic carbocycles. The molecule has 0 spiro atoms. The van der Waals surface area contributed by atoms with E-state index in [4.69, 9.17) is 0 Å². The van der Waals surface area contributed by atoms with Crippen molar-refractivity contribution >= 4 is 5.78 Å². The molecule has 0 atom stereocenters. The highest BCUT2D eigenvalue weighted by Crippen LogP contribution is 2.24. The van der Waals surface area contributed by atoms with Gasteiger partial charge in [0.25, 0.3) is 0 Å². The summed E-state index contributed by atoms with van der Waals surface area (Å²) < 4.78 is 0. The van der Waals surface area contributed by atoms with Crippen molar-refractivity contribution in [3.63, 3.8) is 0 Å². The van der Waals surface area contributed by atoms with E-state index in [9.17, 15) is 4.79 Å². The standard InChI is InChI=1S/C17H17NO/c1-4-17(2,3)16(19)14-10-8-13(9-11-14)15-7-5-6-12-18-15/h4-12H,1H2,2-3H3. The summed E-state index contributed by atoms with van der Waals surface area (Å²) in [4.78, 5) is 16.5. The Kier molecular flexibility index (Phi) is 3.61. The molecule has 0 N–H and O–H groups in total. The number of benzene rings is 1. The number of Topliss-reactive ketones (excluding diaryl/α,β-unsaturated/α-hetero) is 1. The van der Waals surface area contributed by atoms with Gasteiger partial charge in [-0.1, -0.05) is 36.4 Å². The van der Waals surface area contributed by atoms with Crippen LogP contribution in [0.4, 0.5) is 0 Å². The second kappa shape index (κ2) is 5.19. The number of pyridine rings is 1. The van der Waals surface area contributed by atoms with Crippen LogP contribution >= 0.6 is 0 Å². The monoisotopic (exact) mass is 251 g/mol. The SMILES string of the molecule is C=CC(C)(C)C(=O)c1ccc(-c2ccccn2)cc1. The Balaban J connectivity index is 2.29. The second-order valence-corrected chi connectivity index (χ2v) is 5.05. The highest BCUT2D eigenvalue weighted by molar-refractivity contribution is 6.01. The average Bonchev–Trinajstić information content (AvgIpc) is 2.47. The number of allylic oxidation sites excluding steroid dienone is 1. The maximum absolute atomic E-state index is 12.3. The van der Waals surface area contributed by atoms with Crippen LogP contribution in [0, 0.1) is 5.41 Å². The molecule has 2 rings (SSSR count). The number of hydrogen-bond donors (Lipinski definition) is 0. The molecule has 0 aliphatic rings. The van der Waals surface area contributed by atoms with Crippen LogP contribution in [0.5, 0.6) is 0 Å². The number of hydrogen-bond acceptors (Lipinski definition) is 2. The van der Waals surface area contributed by atoms with Gasteiger partial charge in [0.2, 0.25) is 0 Å². The van der Waals surface area contributed by atoms with E-state index in [1.165, 1.54) is 0 Å². The lowest BCUT2D eigenvalue weighted by atomic mass is 9.84. The van der Waals surface area contributed by atoms with Gasteiger partial charge in [0.15, 0.2) is 5.78 Å². The van der Waals surface area contributed by atoms with E-state index < -0.39 is 5.41 Å². The summed E-state index contributed by atoms with van der Waals surface area (Å²) in [6, 6.07) is 13.3. The first-order chi connectivity index (χ1) is 9.04. The van der Waals surface area contributed by atoms with Gasteiger partial charge >= 0.3 is 0 Å². The van der Waals surface area contributed by atoms with Crippen molar-refractivity contribution in [2.24, 2.45) is 5.41 Å². The smallest absolute Gasteiger partial charge is 0.172 e.